The Morgan fingerprint density at radius 1 is 1.25 bits per heavy atom. The van der Waals surface area contributed by atoms with Crippen LogP contribution in [0.1, 0.15) is 0 Å². The van der Waals surface area contributed by atoms with E-state index in [4.69, 9.17) is 18.8 Å². The first kappa shape index (κ1) is 9.23. The molecule has 0 saturated carbocycles. The zero-order chi connectivity index (χ0) is 6.62. The molecule has 1 saturated heterocycles. The molecular formula is C4H11Cl2NPt. The van der Waals surface area contributed by atoms with E-state index in [9.17, 15) is 0 Å². The van der Waals surface area contributed by atoms with E-state index in [1.54, 1.807) is 0 Å². The van der Waals surface area contributed by atoms with Gasteiger partial charge in [0.1, 0.15) is 0 Å². The van der Waals surface area contributed by atoms with E-state index in [0.29, 0.717) is 0 Å². The SMILES string of the molecule is CNC.[Cl][Pt]1([Cl])[CH2][CH2]1. The molecule has 1 aliphatic heterocycles. The Morgan fingerprint density at radius 2 is 1.38 bits per heavy atom. The first-order valence-electron chi connectivity index (χ1n) is 2.19. The second-order valence-electron chi connectivity index (χ2n) is 1.36. The van der Waals surface area contributed by atoms with Gasteiger partial charge in [-0.2, -0.15) is 0 Å². The maximum atomic E-state index is 5.59. The van der Waals surface area contributed by atoms with Crippen LogP contribution in [0.4, 0.5) is 0 Å². The molecule has 0 unspecified atom stereocenters. The summed E-state index contributed by atoms with van der Waals surface area (Å²) in [5, 5.41) is 2.75. The van der Waals surface area contributed by atoms with Crippen LogP contribution in [0.25, 0.3) is 0 Å². The van der Waals surface area contributed by atoms with E-state index in [2.05, 4.69) is 5.32 Å². The van der Waals surface area contributed by atoms with E-state index in [1.807, 2.05) is 14.1 Å². The van der Waals surface area contributed by atoms with Gasteiger partial charge in [0.05, 0.1) is 0 Å². The third-order valence-electron chi connectivity index (χ3n) is 0.397. The summed E-state index contributed by atoms with van der Waals surface area (Å²) in [7, 11) is 14.9. The van der Waals surface area contributed by atoms with Crippen LogP contribution in [0.5, 0.6) is 0 Å². The molecule has 1 N–H and O–H groups in total. The Bertz CT molecular complexity index is 61.1. The standard InChI is InChI=1S/C2H7N.C2H4.2ClH.Pt/c1-3-2;1-2;;;/h3H,1-2H3;1-2H2;2*1H;/q;;;;+2/p-2. The van der Waals surface area contributed by atoms with Crippen LogP contribution < -0.4 is 5.32 Å². The first-order chi connectivity index (χ1) is 3.62. The van der Waals surface area contributed by atoms with Crippen molar-refractivity contribution in [3.05, 3.63) is 0 Å². The minimum absolute atomic E-state index is 1.16. The molecule has 0 bridgehead atoms. The molecule has 1 fully saturated rings. The number of rotatable bonds is 0. The van der Waals surface area contributed by atoms with Crippen LogP contribution in [0, 0.1) is 0 Å². The van der Waals surface area contributed by atoms with Crippen molar-refractivity contribution in [3.8, 4) is 0 Å². The molecule has 1 rings (SSSR count). The predicted octanol–water partition coefficient (Wildman–Crippen LogP) is 2.13. The van der Waals surface area contributed by atoms with Gasteiger partial charge in [-0.1, -0.05) is 0 Å². The van der Waals surface area contributed by atoms with Gasteiger partial charge in [0.2, 0.25) is 0 Å². The number of hydrogen-bond donors (Lipinski definition) is 1. The summed E-state index contributed by atoms with van der Waals surface area (Å²) >= 11 is -1.75. The molecule has 0 spiro atoms. The molecule has 1 nitrogen and oxygen atoms in total. The van der Waals surface area contributed by atoms with Gasteiger partial charge >= 0.3 is 42.4 Å². The summed E-state index contributed by atoms with van der Waals surface area (Å²) in [6, 6.07) is 0. The molecule has 1 heterocycles. The van der Waals surface area contributed by atoms with Gasteiger partial charge in [-0.25, -0.2) is 0 Å². The van der Waals surface area contributed by atoms with Gasteiger partial charge < -0.3 is 5.32 Å². The molecule has 0 aliphatic carbocycles. The monoisotopic (exact) mass is 338 g/mol. The predicted molar refractivity (Wildman–Crippen MR) is 36.3 cm³/mol. The average molecular weight is 339 g/mol. The Morgan fingerprint density at radius 3 is 1.38 bits per heavy atom. The second kappa shape index (κ2) is 4.11. The van der Waals surface area contributed by atoms with Gasteiger partial charge in [-0.15, -0.1) is 0 Å². The fraction of sp³-hybridized carbons (Fsp3) is 1.00. The average Bonchev–Trinajstić information content (AvgIpc) is 2.22. The fourth-order valence-corrected chi connectivity index (χ4v) is 7.60. The molecule has 0 aromatic rings. The van der Waals surface area contributed by atoms with Crippen molar-refractivity contribution < 1.29 is 14.0 Å². The van der Waals surface area contributed by atoms with Crippen LogP contribution in [0.15, 0.2) is 0 Å². The topological polar surface area (TPSA) is 12.0 Å². The molecule has 56 valence electrons. The van der Waals surface area contributed by atoms with E-state index in [-0.39, 0.29) is 0 Å². The van der Waals surface area contributed by atoms with Crippen molar-refractivity contribution in [2.75, 3.05) is 14.1 Å². The quantitative estimate of drug-likeness (QED) is 0.713. The molecule has 8 heavy (non-hydrogen) atoms. The van der Waals surface area contributed by atoms with Gasteiger partial charge in [0.25, 0.3) is 0 Å². The fourth-order valence-electron chi connectivity index (χ4n) is 0.0378. The van der Waals surface area contributed by atoms with E-state index in [0.717, 1.165) is 9.62 Å². The van der Waals surface area contributed by atoms with Gasteiger partial charge in [0.15, 0.2) is 0 Å². The van der Waals surface area contributed by atoms with Crippen molar-refractivity contribution in [3.63, 3.8) is 0 Å². The minimum atomic E-state index is -1.75. The zero-order valence-corrected chi connectivity index (χ0v) is 8.77. The summed E-state index contributed by atoms with van der Waals surface area (Å²) in [5.41, 5.74) is 0. The Hall–Kier alpha value is 1.23. The van der Waals surface area contributed by atoms with Crippen molar-refractivity contribution in [2.24, 2.45) is 0 Å². The van der Waals surface area contributed by atoms with E-state index >= 15 is 0 Å². The summed E-state index contributed by atoms with van der Waals surface area (Å²) in [4.78, 5) is 2.33. The van der Waals surface area contributed by atoms with Crippen molar-refractivity contribution in [2.45, 2.75) is 9.62 Å². The molecule has 4 heteroatoms. The molecular weight excluding hydrogens is 328 g/mol. The molecule has 0 atom stereocenters. The zero-order valence-electron chi connectivity index (χ0n) is 4.99. The van der Waals surface area contributed by atoms with Crippen molar-refractivity contribution in [1.29, 1.82) is 0 Å². The van der Waals surface area contributed by atoms with E-state index < -0.39 is 14.0 Å². The summed E-state index contributed by atoms with van der Waals surface area (Å²) in [6.07, 6.45) is 0. The van der Waals surface area contributed by atoms with Crippen LogP contribution in [0.3, 0.4) is 0 Å². The maximum absolute atomic E-state index is 5.59. The van der Waals surface area contributed by atoms with Gasteiger partial charge in [-0.3, -0.25) is 0 Å². The van der Waals surface area contributed by atoms with Gasteiger partial charge in [0, 0.05) is 0 Å². The Kier molecular flexibility index (Phi) is 4.74. The number of nitrogens with one attached hydrogen (secondary N) is 1. The van der Waals surface area contributed by atoms with Crippen molar-refractivity contribution in [1.82, 2.24) is 5.32 Å². The summed E-state index contributed by atoms with van der Waals surface area (Å²) in [5.74, 6) is 0. The Labute approximate surface area is 61.8 Å². The third-order valence-corrected chi connectivity index (χ3v) is 7.16. The molecule has 0 amide bonds. The van der Waals surface area contributed by atoms with Gasteiger partial charge in [-0.05, 0) is 14.1 Å². The second-order valence-corrected chi connectivity index (χ2v) is 16.0. The molecule has 0 aromatic carbocycles. The molecule has 1 aliphatic rings. The third kappa shape index (κ3) is 7.23. The summed E-state index contributed by atoms with van der Waals surface area (Å²) < 4.78 is 0. The molecule has 0 radical (unpaired) electrons. The normalized spacial score (nSPS) is 25.0. The van der Waals surface area contributed by atoms with Crippen LogP contribution in [-0.4, -0.2) is 14.1 Å². The number of halogens is 2. The van der Waals surface area contributed by atoms with Crippen LogP contribution in [0.2, 0.25) is 9.62 Å². The van der Waals surface area contributed by atoms with E-state index in [1.165, 1.54) is 0 Å². The summed E-state index contributed by atoms with van der Waals surface area (Å²) in [6.45, 7) is 0. The molecule has 0 aromatic heterocycles. The Balaban J connectivity index is 0.000000145. The van der Waals surface area contributed by atoms with Crippen LogP contribution in [-0.2, 0) is 14.0 Å². The first-order valence-corrected chi connectivity index (χ1v) is 11.0. The van der Waals surface area contributed by atoms with Crippen LogP contribution >= 0.6 is 18.8 Å². The van der Waals surface area contributed by atoms with Crippen molar-refractivity contribution >= 4 is 18.8 Å². The number of hydrogen-bond acceptors (Lipinski definition) is 1.